The second kappa shape index (κ2) is 12.7. The van der Waals surface area contributed by atoms with E-state index >= 15 is 9.59 Å². The highest BCUT2D eigenvalue weighted by molar-refractivity contribution is 6.10. The normalized spacial score (nSPS) is 40.3. The minimum atomic E-state index is -4.63. The number of hydrogen-bond acceptors (Lipinski definition) is 6. The summed E-state index contributed by atoms with van der Waals surface area (Å²) in [4.78, 5) is 45.8. The zero-order valence-corrected chi connectivity index (χ0v) is 35.7. The Balaban J connectivity index is 1.08. The first-order chi connectivity index (χ1) is 28.6. The van der Waals surface area contributed by atoms with Crippen LogP contribution in [0.4, 0.5) is 13.2 Å². The van der Waals surface area contributed by atoms with Crippen molar-refractivity contribution >= 4 is 28.4 Å². The molecule has 0 radical (unpaired) electrons. The minimum Gasteiger partial charge on any atom is -0.448 e. The zero-order valence-electron chi connectivity index (χ0n) is 35.7. The maximum atomic E-state index is 15.5. The van der Waals surface area contributed by atoms with Crippen LogP contribution in [0.1, 0.15) is 114 Å². The van der Waals surface area contributed by atoms with Crippen LogP contribution in [0, 0.1) is 44.3 Å². The lowest BCUT2D eigenvalue weighted by atomic mass is 9.32. The molecule has 3 aromatic carbocycles. The standard InChI is InChI=1S/C51H56F3NO6/c1-43(2)46(5)22-25-50(43,61-42(46)59)41(58)55(29-33-13-8-11-31-10-6-7-15-36(31)33)30-48(60)21-18-39-45(48,4)20-17-38-44(3)19-16-35(56)27-47(44)23-24-49(38,39)37(28-47)40(57)32-12-9-14-34(26-32)51(52,53)54/h6-15,23-24,26,28,35,38-39,56,60H,16-22,25,27,29-30H2,1-5H3/t35?,38-,39-,44-,45+,46+,47+,48-,49-,50-/m1/s1. The largest absolute Gasteiger partial charge is 0.448 e. The number of ketones is 1. The van der Waals surface area contributed by atoms with Crippen molar-refractivity contribution in [1.82, 2.24) is 4.90 Å². The molecule has 7 aliphatic carbocycles. The number of carbonyl (C=O) groups is 3. The van der Waals surface area contributed by atoms with Crippen molar-refractivity contribution in [3.63, 3.8) is 0 Å². The van der Waals surface area contributed by atoms with Crippen molar-refractivity contribution in [3.05, 3.63) is 107 Å². The highest BCUT2D eigenvalue weighted by atomic mass is 19.4. The van der Waals surface area contributed by atoms with Crippen LogP contribution in [0.2, 0.25) is 0 Å². The summed E-state index contributed by atoms with van der Waals surface area (Å²) in [5.41, 5.74) is -6.84. The smallest absolute Gasteiger partial charge is 0.416 e. The minimum absolute atomic E-state index is 0.0337. The molecule has 4 bridgehead atoms. The summed E-state index contributed by atoms with van der Waals surface area (Å²) >= 11 is 0. The number of benzene rings is 3. The van der Waals surface area contributed by atoms with Crippen molar-refractivity contribution in [2.45, 2.75) is 122 Å². The van der Waals surface area contributed by atoms with Crippen molar-refractivity contribution in [2.75, 3.05) is 6.54 Å². The Kier molecular flexibility index (Phi) is 8.47. The summed E-state index contributed by atoms with van der Waals surface area (Å²) in [7, 11) is 0. The number of hydrogen-bond donors (Lipinski definition) is 2. The molecule has 11 rings (SSSR count). The summed E-state index contributed by atoms with van der Waals surface area (Å²) in [6.45, 7) is 10.3. The van der Waals surface area contributed by atoms with Gasteiger partial charge in [-0.25, -0.2) is 0 Å². The molecule has 8 aliphatic rings. The summed E-state index contributed by atoms with van der Waals surface area (Å²) in [6, 6.07) is 18.6. The van der Waals surface area contributed by atoms with E-state index in [1.807, 2.05) is 69.3 Å². The quantitative estimate of drug-likeness (QED) is 0.140. The van der Waals surface area contributed by atoms with Gasteiger partial charge >= 0.3 is 12.1 Å². The molecule has 1 aliphatic heterocycles. The van der Waals surface area contributed by atoms with Crippen LogP contribution in [0.3, 0.4) is 0 Å². The first kappa shape index (κ1) is 40.8. The Morgan fingerprint density at radius 3 is 2.25 bits per heavy atom. The van der Waals surface area contributed by atoms with Crippen LogP contribution in [0.5, 0.6) is 0 Å². The number of alkyl halides is 3. The lowest BCUT2D eigenvalue weighted by molar-refractivity contribution is -0.187. The summed E-state index contributed by atoms with van der Waals surface area (Å²) < 4.78 is 48.4. The number of carbonyl (C=O) groups excluding carboxylic acids is 3. The van der Waals surface area contributed by atoms with E-state index in [4.69, 9.17) is 4.74 Å². The van der Waals surface area contributed by atoms with Gasteiger partial charge in [-0.2, -0.15) is 13.2 Å². The topological polar surface area (TPSA) is 104 Å². The molecule has 10 atom stereocenters. The van der Waals surface area contributed by atoms with E-state index in [-0.39, 0.29) is 47.8 Å². The number of nitrogens with zero attached hydrogens (tertiary/aromatic N) is 1. The predicted octanol–water partition coefficient (Wildman–Crippen LogP) is 9.78. The maximum Gasteiger partial charge on any atom is 0.416 e. The first-order valence-corrected chi connectivity index (χ1v) is 22.2. The molecule has 4 saturated carbocycles. The van der Waals surface area contributed by atoms with Gasteiger partial charge in [0.1, 0.15) is 0 Å². The van der Waals surface area contributed by atoms with Gasteiger partial charge in [0.2, 0.25) is 0 Å². The molecule has 3 aromatic rings. The van der Waals surface area contributed by atoms with Crippen LogP contribution in [0.15, 0.2) is 90.5 Å². The van der Waals surface area contributed by atoms with E-state index in [9.17, 15) is 28.2 Å². The Labute approximate surface area is 355 Å². The van der Waals surface area contributed by atoms with E-state index in [0.29, 0.717) is 56.9 Å². The predicted molar refractivity (Wildman–Crippen MR) is 224 cm³/mol. The lowest BCUT2D eigenvalue weighted by Crippen LogP contribution is -2.67. The number of rotatable bonds is 7. The average molecular weight is 836 g/mol. The molecule has 7 nitrogen and oxygen atoms in total. The lowest BCUT2D eigenvalue weighted by Gasteiger charge is -2.71. The van der Waals surface area contributed by atoms with Crippen LogP contribution in [0.25, 0.3) is 10.8 Å². The van der Waals surface area contributed by atoms with Gasteiger partial charge in [-0.3, -0.25) is 14.4 Å². The number of ether oxygens (including phenoxy) is 1. The SMILES string of the molecule is CC1(C)[C@@]2(C)CC[C@]1(C(=O)N(Cc1cccc3ccccc13)C[C@]1(O)CC[C@H]3[C@]45C=C[C@@]6(C=C4C(=O)c4cccc(C(F)(F)F)c4)CC(O)CC[C@]6(C)[C@H]5CC[C@@]31C)OC2=O. The molecule has 2 spiro atoms. The fraction of sp³-hybridized carbons (Fsp3) is 0.549. The van der Waals surface area contributed by atoms with E-state index < -0.39 is 61.9 Å². The Morgan fingerprint density at radius 1 is 0.836 bits per heavy atom. The fourth-order valence-electron chi connectivity index (χ4n) is 14.7. The van der Waals surface area contributed by atoms with Crippen molar-refractivity contribution in [1.29, 1.82) is 0 Å². The number of aliphatic hydroxyl groups is 2. The highest BCUT2D eigenvalue weighted by Gasteiger charge is 2.78. The highest BCUT2D eigenvalue weighted by Crippen LogP contribution is 2.78. The van der Waals surface area contributed by atoms with E-state index in [1.165, 1.54) is 12.1 Å². The van der Waals surface area contributed by atoms with Gasteiger partial charge in [-0.15, -0.1) is 0 Å². The molecule has 1 unspecified atom stereocenters. The molecule has 5 fully saturated rings. The third kappa shape index (κ3) is 5.03. The number of aliphatic hydroxyl groups excluding tert-OH is 1. The molecule has 2 N–H and O–H groups in total. The Hall–Kier alpha value is -4.28. The summed E-state index contributed by atoms with van der Waals surface area (Å²) in [5, 5.41) is 26.6. The van der Waals surface area contributed by atoms with Gasteiger partial charge < -0.3 is 19.8 Å². The van der Waals surface area contributed by atoms with Gasteiger partial charge in [0.15, 0.2) is 11.4 Å². The third-order valence-electron chi connectivity index (χ3n) is 18.8. The van der Waals surface area contributed by atoms with Gasteiger partial charge in [-0.05, 0) is 110 Å². The van der Waals surface area contributed by atoms with Crippen LogP contribution < -0.4 is 0 Å². The van der Waals surface area contributed by atoms with E-state index in [0.717, 1.165) is 34.9 Å². The Morgan fingerprint density at radius 2 is 1.52 bits per heavy atom. The average Bonchev–Trinajstić information content (AvgIpc) is 3.67. The van der Waals surface area contributed by atoms with Crippen molar-refractivity contribution in [3.8, 4) is 0 Å². The molecule has 1 heterocycles. The number of Topliss-reactive ketones (excluding diaryl/α,β-unsaturated/α-hetero) is 1. The fourth-order valence-corrected chi connectivity index (χ4v) is 14.7. The van der Waals surface area contributed by atoms with Crippen LogP contribution in [-0.2, 0) is 27.0 Å². The molecule has 10 heteroatoms. The number of esters is 1. The van der Waals surface area contributed by atoms with Crippen molar-refractivity contribution < 1.29 is 42.5 Å². The molecule has 61 heavy (non-hydrogen) atoms. The molecule has 0 aromatic heterocycles. The number of allylic oxidation sites excluding steroid dienone is 4. The van der Waals surface area contributed by atoms with E-state index in [2.05, 4.69) is 26.0 Å². The van der Waals surface area contributed by atoms with Crippen molar-refractivity contribution in [2.24, 2.45) is 44.3 Å². The monoisotopic (exact) mass is 835 g/mol. The first-order valence-electron chi connectivity index (χ1n) is 22.2. The van der Waals surface area contributed by atoms with Gasteiger partial charge in [-0.1, -0.05) is 101 Å². The molecule has 322 valence electrons. The second-order valence-electron chi connectivity index (χ2n) is 21.2. The van der Waals surface area contributed by atoms with Crippen LogP contribution >= 0.6 is 0 Å². The number of halogens is 3. The van der Waals surface area contributed by atoms with Gasteiger partial charge in [0.05, 0.1) is 29.2 Å². The summed E-state index contributed by atoms with van der Waals surface area (Å²) in [6.07, 6.45) is 5.84. The number of amides is 1. The van der Waals surface area contributed by atoms with Gasteiger partial charge in [0.25, 0.3) is 5.91 Å². The molecular weight excluding hydrogens is 780 g/mol. The zero-order chi connectivity index (χ0) is 43.4. The molecule has 1 saturated heterocycles. The molecular formula is C51H56F3NO6. The van der Waals surface area contributed by atoms with Gasteiger partial charge in [0, 0.05) is 39.3 Å². The third-order valence-corrected chi connectivity index (χ3v) is 18.8. The maximum absolute atomic E-state index is 15.5. The Bertz CT molecular complexity index is 2470. The summed E-state index contributed by atoms with van der Waals surface area (Å²) in [5.74, 6) is -1.53. The second-order valence-corrected chi connectivity index (χ2v) is 21.2. The van der Waals surface area contributed by atoms with E-state index in [1.54, 1.807) is 4.90 Å². The molecule has 1 amide bonds. The number of fused-ring (bicyclic) bond motifs is 4. The van der Waals surface area contributed by atoms with Crippen LogP contribution in [-0.4, -0.2) is 56.6 Å².